The summed E-state index contributed by atoms with van der Waals surface area (Å²) in [5, 5.41) is 6.43. The molecule has 8 nitrogen and oxygen atoms in total. The molecule has 1 aliphatic rings. The highest BCUT2D eigenvalue weighted by Crippen LogP contribution is 2.20. The Kier molecular flexibility index (Phi) is 5.62. The number of aromatic nitrogens is 1. The Hall–Kier alpha value is -3.81. The van der Waals surface area contributed by atoms with Gasteiger partial charge >= 0.3 is 6.03 Å². The highest BCUT2D eigenvalue weighted by atomic mass is 16.5. The predicted molar refractivity (Wildman–Crippen MR) is 117 cm³/mol. The number of benzene rings is 2. The number of anilines is 1. The molecular formula is C23H24N4O4. The molecule has 1 fully saturated rings. The Balaban J connectivity index is 1.33. The van der Waals surface area contributed by atoms with Gasteiger partial charge in [-0.1, -0.05) is 12.1 Å². The lowest BCUT2D eigenvalue weighted by molar-refractivity contribution is -0.129. The maximum Gasteiger partial charge on any atom is 0.324 e. The largest absolute Gasteiger partial charge is 0.497 e. The van der Waals surface area contributed by atoms with Gasteiger partial charge in [-0.3, -0.25) is 14.5 Å². The third-order valence-electron chi connectivity index (χ3n) is 5.45. The maximum absolute atomic E-state index is 12.6. The monoisotopic (exact) mass is 420 g/mol. The van der Waals surface area contributed by atoms with E-state index in [2.05, 4.69) is 10.6 Å². The number of methoxy groups -OCH3 is 1. The van der Waals surface area contributed by atoms with Crippen molar-refractivity contribution in [2.75, 3.05) is 19.0 Å². The van der Waals surface area contributed by atoms with E-state index in [9.17, 15) is 14.4 Å². The molecule has 0 saturated carbocycles. The molecule has 160 valence electrons. The zero-order chi connectivity index (χ0) is 22.0. The molecule has 4 amide bonds. The average Bonchev–Trinajstić information content (AvgIpc) is 3.25. The van der Waals surface area contributed by atoms with Crippen molar-refractivity contribution in [3.63, 3.8) is 0 Å². The van der Waals surface area contributed by atoms with E-state index in [1.807, 2.05) is 66.3 Å². The number of nitrogens with one attached hydrogen (secondary N) is 2. The van der Waals surface area contributed by atoms with Crippen LogP contribution in [0.2, 0.25) is 0 Å². The number of amides is 4. The van der Waals surface area contributed by atoms with Crippen LogP contribution in [0.4, 0.5) is 10.5 Å². The van der Waals surface area contributed by atoms with Gasteiger partial charge in [0.05, 0.1) is 13.5 Å². The summed E-state index contributed by atoms with van der Waals surface area (Å²) in [7, 11) is 3.55. The van der Waals surface area contributed by atoms with E-state index in [0.29, 0.717) is 12.1 Å². The van der Waals surface area contributed by atoms with Gasteiger partial charge in [0.25, 0.3) is 5.91 Å². The third-order valence-corrected chi connectivity index (χ3v) is 5.45. The highest BCUT2D eigenvalue weighted by Gasteiger charge is 2.38. The van der Waals surface area contributed by atoms with Crippen molar-refractivity contribution in [1.29, 1.82) is 0 Å². The molecule has 4 rings (SSSR count). The number of imide groups is 1. The van der Waals surface area contributed by atoms with E-state index in [-0.39, 0.29) is 24.8 Å². The van der Waals surface area contributed by atoms with Crippen LogP contribution in [0.3, 0.4) is 0 Å². The number of hydrogen-bond acceptors (Lipinski definition) is 4. The SMILES string of the molecule is COc1ccc(CCN2C(=O)N[C@H](CC(=O)Nc3ccc4c(ccn4C)c3)C2=O)cc1. The van der Waals surface area contributed by atoms with E-state index in [1.165, 1.54) is 0 Å². The molecule has 0 aliphatic carbocycles. The fraction of sp³-hybridized carbons (Fsp3) is 0.261. The standard InChI is InChI=1S/C23H24N4O4/c1-26-11-10-16-13-17(5-8-20(16)26)24-21(28)14-19-22(29)27(23(30)25-19)12-9-15-3-6-18(31-2)7-4-15/h3-8,10-11,13,19H,9,12,14H2,1-2H3,(H,24,28)(H,25,30)/t19-/m1/s1. The van der Waals surface area contributed by atoms with Gasteiger partial charge in [0.1, 0.15) is 11.8 Å². The van der Waals surface area contributed by atoms with Crippen LogP contribution in [0.15, 0.2) is 54.7 Å². The first-order valence-electron chi connectivity index (χ1n) is 10.0. The number of fused-ring (bicyclic) bond motifs is 1. The van der Waals surface area contributed by atoms with Crippen LogP contribution in [0, 0.1) is 0 Å². The molecule has 1 aromatic heterocycles. The lowest BCUT2D eigenvalue weighted by Crippen LogP contribution is -2.34. The molecule has 0 unspecified atom stereocenters. The second-order valence-electron chi connectivity index (χ2n) is 7.54. The molecule has 2 N–H and O–H groups in total. The molecular weight excluding hydrogens is 396 g/mol. The molecule has 1 aliphatic heterocycles. The molecule has 8 heteroatoms. The number of aryl methyl sites for hydroxylation is 1. The summed E-state index contributed by atoms with van der Waals surface area (Å²) in [6, 6.07) is 13.7. The van der Waals surface area contributed by atoms with E-state index in [1.54, 1.807) is 7.11 Å². The van der Waals surface area contributed by atoms with Crippen molar-refractivity contribution in [2.45, 2.75) is 18.9 Å². The minimum atomic E-state index is -0.858. The summed E-state index contributed by atoms with van der Waals surface area (Å²) < 4.78 is 7.12. The molecule has 1 saturated heterocycles. The molecule has 1 atom stereocenters. The zero-order valence-corrected chi connectivity index (χ0v) is 17.4. The predicted octanol–water partition coefficient (Wildman–Crippen LogP) is 2.68. The molecule has 0 spiro atoms. The van der Waals surface area contributed by atoms with Gasteiger partial charge in [-0.25, -0.2) is 4.79 Å². The van der Waals surface area contributed by atoms with Crippen molar-refractivity contribution < 1.29 is 19.1 Å². The Bertz CT molecular complexity index is 1140. The molecule has 3 aromatic rings. The molecule has 0 bridgehead atoms. The van der Waals surface area contributed by atoms with Crippen LogP contribution in [0.25, 0.3) is 10.9 Å². The summed E-state index contributed by atoms with van der Waals surface area (Å²) in [4.78, 5) is 38.5. The zero-order valence-electron chi connectivity index (χ0n) is 17.4. The first-order chi connectivity index (χ1) is 14.9. The number of carbonyl (C=O) groups excluding carboxylic acids is 3. The van der Waals surface area contributed by atoms with E-state index < -0.39 is 12.1 Å². The van der Waals surface area contributed by atoms with Crippen molar-refractivity contribution in [1.82, 2.24) is 14.8 Å². The molecule has 2 heterocycles. The van der Waals surface area contributed by atoms with Crippen LogP contribution in [0.1, 0.15) is 12.0 Å². The number of nitrogens with zero attached hydrogens (tertiary/aromatic N) is 2. The molecule has 0 radical (unpaired) electrons. The molecule has 31 heavy (non-hydrogen) atoms. The number of ether oxygens (including phenoxy) is 1. The van der Waals surface area contributed by atoms with Crippen LogP contribution >= 0.6 is 0 Å². The van der Waals surface area contributed by atoms with Gasteiger partial charge in [0, 0.05) is 36.4 Å². The molecule has 2 aromatic carbocycles. The topological polar surface area (TPSA) is 92.7 Å². The normalized spacial score (nSPS) is 15.9. The summed E-state index contributed by atoms with van der Waals surface area (Å²) in [5.74, 6) is 0.0364. The summed E-state index contributed by atoms with van der Waals surface area (Å²) in [6.45, 7) is 0.250. The lowest BCUT2D eigenvalue weighted by atomic mass is 10.1. The quantitative estimate of drug-likeness (QED) is 0.575. The Morgan fingerprint density at radius 3 is 2.65 bits per heavy atom. The van der Waals surface area contributed by atoms with Gasteiger partial charge in [0.2, 0.25) is 5.91 Å². The summed E-state index contributed by atoms with van der Waals surface area (Å²) in [5.41, 5.74) is 2.69. The highest BCUT2D eigenvalue weighted by molar-refractivity contribution is 6.07. The van der Waals surface area contributed by atoms with Crippen molar-refractivity contribution >= 4 is 34.4 Å². The fourth-order valence-corrected chi connectivity index (χ4v) is 3.72. The number of urea groups is 1. The van der Waals surface area contributed by atoms with Gasteiger partial charge in [0.15, 0.2) is 0 Å². The van der Waals surface area contributed by atoms with Gasteiger partial charge in [-0.05, 0) is 48.4 Å². The first-order valence-corrected chi connectivity index (χ1v) is 10.0. The van der Waals surface area contributed by atoms with E-state index in [0.717, 1.165) is 27.1 Å². The van der Waals surface area contributed by atoms with Crippen LogP contribution < -0.4 is 15.4 Å². The minimum Gasteiger partial charge on any atom is -0.497 e. The number of rotatable bonds is 7. The first kappa shape index (κ1) is 20.5. The van der Waals surface area contributed by atoms with Gasteiger partial charge in [-0.15, -0.1) is 0 Å². The Morgan fingerprint density at radius 1 is 1.13 bits per heavy atom. The van der Waals surface area contributed by atoms with E-state index in [4.69, 9.17) is 4.74 Å². The Morgan fingerprint density at radius 2 is 1.90 bits per heavy atom. The lowest BCUT2D eigenvalue weighted by Gasteiger charge is -2.13. The maximum atomic E-state index is 12.6. The number of carbonyl (C=O) groups is 3. The average molecular weight is 420 g/mol. The summed E-state index contributed by atoms with van der Waals surface area (Å²) in [6.07, 6.45) is 2.36. The summed E-state index contributed by atoms with van der Waals surface area (Å²) >= 11 is 0. The van der Waals surface area contributed by atoms with E-state index >= 15 is 0 Å². The second kappa shape index (κ2) is 8.51. The van der Waals surface area contributed by atoms with Crippen LogP contribution in [-0.4, -0.2) is 47.0 Å². The van der Waals surface area contributed by atoms with Crippen LogP contribution in [-0.2, 0) is 23.1 Å². The third kappa shape index (κ3) is 4.37. The van der Waals surface area contributed by atoms with Crippen molar-refractivity contribution in [3.05, 3.63) is 60.3 Å². The van der Waals surface area contributed by atoms with Gasteiger partial charge in [-0.2, -0.15) is 0 Å². The number of hydrogen-bond donors (Lipinski definition) is 2. The minimum absolute atomic E-state index is 0.115. The smallest absolute Gasteiger partial charge is 0.324 e. The van der Waals surface area contributed by atoms with Crippen LogP contribution in [0.5, 0.6) is 5.75 Å². The second-order valence-corrected chi connectivity index (χ2v) is 7.54. The van der Waals surface area contributed by atoms with Crippen molar-refractivity contribution in [2.24, 2.45) is 7.05 Å². The Labute approximate surface area is 179 Å². The van der Waals surface area contributed by atoms with Gasteiger partial charge < -0.3 is 19.9 Å². The van der Waals surface area contributed by atoms with Crippen molar-refractivity contribution in [3.8, 4) is 5.75 Å². The fourth-order valence-electron chi connectivity index (χ4n) is 3.72.